The quantitative estimate of drug-likeness (QED) is 0.319. The molecule has 0 aliphatic rings. The first-order chi connectivity index (χ1) is 15.7. The fraction of sp³-hybridized carbons (Fsp3) is 0.261. The van der Waals surface area contributed by atoms with Gasteiger partial charge in [-0.1, -0.05) is 36.0 Å². The number of aromatic nitrogens is 3. The monoisotopic (exact) mass is 476 g/mol. The van der Waals surface area contributed by atoms with Crippen molar-refractivity contribution in [2.45, 2.75) is 37.8 Å². The van der Waals surface area contributed by atoms with Gasteiger partial charge in [-0.25, -0.2) is 0 Å². The van der Waals surface area contributed by atoms with Gasteiger partial charge in [0.2, 0.25) is 5.91 Å². The maximum atomic E-state index is 12.9. The average Bonchev–Trinajstić information content (AvgIpc) is 3.15. The second-order valence-corrected chi connectivity index (χ2v) is 8.17. The van der Waals surface area contributed by atoms with Gasteiger partial charge < -0.3 is 10.1 Å². The normalized spacial score (nSPS) is 12.3. The summed E-state index contributed by atoms with van der Waals surface area (Å²) < 4.78 is 46.4. The zero-order chi connectivity index (χ0) is 24.0. The van der Waals surface area contributed by atoms with Crippen LogP contribution in [0.5, 0.6) is 5.75 Å². The molecule has 0 bridgehead atoms. The Labute approximate surface area is 193 Å². The molecule has 174 valence electrons. The average molecular weight is 477 g/mol. The molecule has 0 aliphatic heterocycles. The lowest BCUT2D eigenvalue weighted by atomic mass is 10.2. The minimum Gasteiger partial charge on any atom is -0.483 e. The number of alkyl halides is 3. The number of anilines is 1. The Kier molecular flexibility index (Phi) is 7.80. The highest BCUT2D eigenvalue weighted by molar-refractivity contribution is 7.99. The Bertz CT molecular complexity index is 1130. The van der Waals surface area contributed by atoms with Crippen LogP contribution in [0.25, 0.3) is 0 Å². The Morgan fingerprint density at radius 2 is 2.00 bits per heavy atom. The Balaban J connectivity index is 1.67. The highest BCUT2D eigenvalue weighted by atomic mass is 32.2. The van der Waals surface area contributed by atoms with E-state index in [0.717, 1.165) is 29.5 Å². The van der Waals surface area contributed by atoms with Gasteiger partial charge in [-0.05, 0) is 49.7 Å². The molecule has 0 saturated heterocycles. The molecule has 0 radical (unpaired) electrons. The zero-order valence-electron chi connectivity index (χ0n) is 18.1. The third-order valence-corrected chi connectivity index (χ3v) is 5.50. The van der Waals surface area contributed by atoms with Crippen molar-refractivity contribution in [1.29, 1.82) is 0 Å². The number of hydrogen-bond acceptors (Lipinski definition) is 5. The summed E-state index contributed by atoms with van der Waals surface area (Å²) in [5, 5.41) is 11.3. The number of halogens is 3. The molecule has 2 aromatic carbocycles. The van der Waals surface area contributed by atoms with Gasteiger partial charge >= 0.3 is 6.18 Å². The van der Waals surface area contributed by atoms with Crippen molar-refractivity contribution >= 4 is 23.4 Å². The van der Waals surface area contributed by atoms with E-state index in [2.05, 4.69) is 22.1 Å². The first-order valence-corrected chi connectivity index (χ1v) is 11.0. The Morgan fingerprint density at radius 3 is 2.70 bits per heavy atom. The number of nitrogens with one attached hydrogen (secondary N) is 1. The number of rotatable bonds is 9. The molecule has 33 heavy (non-hydrogen) atoms. The highest BCUT2D eigenvalue weighted by Gasteiger charge is 2.30. The Hall–Kier alpha value is -3.27. The van der Waals surface area contributed by atoms with Crippen LogP contribution in [0.4, 0.5) is 18.9 Å². The molecule has 1 unspecified atom stereocenters. The molecule has 10 heteroatoms. The van der Waals surface area contributed by atoms with Gasteiger partial charge in [-0.3, -0.25) is 9.36 Å². The maximum absolute atomic E-state index is 12.9. The standard InChI is InChI=1S/C23H23F3N4O2S/c1-4-11-30-21(16(3)32-19-10-5-7-15(2)12-19)28-29-22(30)33-14-20(31)27-18-9-6-8-17(13-18)23(24,25)26/h4-10,12-13,16H,1,11,14H2,2-3H3,(H,27,31). The van der Waals surface area contributed by atoms with Crippen molar-refractivity contribution in [1.82, 2.24) is 14.8 Å². The highest BCUT2D eigenvalue weighted by Crippen LogP contribution is 2.31. The molecule has 0 aliphatic carbocycles. The van der Waals surface area contributed by atoms with Crippen LogP contribution in [0.3, 0.4) is 0 Å². The number of carbonyl (C=O) groups is 1. The van der Waals surface area contributed by atoms with Crippen molar-refractivity contribution in [2.75, 3.05) is 11.1 Å². The third-order valence-electron chi connectivity index (χ3n) is 4.53. The molecule has 0 saturated carbocycles. The summed E-state index contributed by atoms with van der Waals surface area (Å²) >= 11 is 1.12. The molecule has 1 aromatic heterocycles. The van der Waals surface area contributed by atoms with Crippen molar-refractivity contribution in [3.8, 4) is 5.75 Å². The summed E-state index contributed by atoms with van der Waals surface area (Å²) in [7, 11) is 0. The van der Waals surface area contributed by atoms with Gasteiger partial charge in [0.1, 0.15) is 5.75 Å². The summed E-state index contributed by atoms with van der Waals surface area (Å²) in [4.78, 5) is 12.3. The zero-order valence-corrected chi connectivity index (χ0v) is 18.9. The third kappa shape index (κ3) is 6.61. The number of ether oxygens (including phenoxy) is 1. The minimum absolute atomic E-state index is 0.0569. The van der Waals surface area contributed by atoms with Gasteiger partial charge in [0.15, 0.2) is 17.1 Å². The van der Waals surface area contributed by atoms with E-state index in [1.165, 1.54) is 12.1 Å². The molecule has 1 atom stereocenters. The van der Waals surface area contributed by atoms with E-state index in [9.17, 15) is 18.0 Å². The molecule has 0 spiro atoms. The van der Waals surface area contributed by atoms with Crippen molar-refractivity contribution in [3.63, 3.8) is 0 Å². The number of allylic oxidation sites excluding steroid dienone is 1. The van der Waals surface area contributed by atoms with Crippen LogP contribution in [0, 0.1) is 6.92 Å². The van der Waals surface area contributed by atoms with E-state index < -0.39 is 23.8 Å². The lowest BCUT2D eigenvalue weighted by Gasteiger charge is -2.16. The van der Waals surface area contributed by atoms with Crippen LogP contribution >= 0.6 is 11.8 Å². The van der Waals surface area contributed by atoms with Crippen molar-refractivity contribution in [3.05, 3.63) is 78.1 Å². The molecular weight excluding hydrogens is 453 g/mol. The van der Waals surface area contributed by atoms with Crippen LogP contribution in [-0.2, 0) is 17.5 Å². The topological polar surface area (TPSA) is 69.0 Å². The molecular formula is C23H23F3N4O2S. The second-order valence-electron chi connectivity index (χ2n) is 7.23. The van der Waals surface area contributed by atoms with Crippen LogP contribution < -0.4 is 10.1 Å². The first kappa shape index (κ1) is 24.4. The van der Waals surface area contributed by atoms with Gasteiger partial charge in [0, 0.05) is 12.2 Å². The van der Waals surface area contributed by atoms with E-state index in [1.807, 2.05) is 38.1 Å². The molecule has 3 aromatic rings. The van der Waals surface area contributed by atoms with E-state index in [0.29, 0.717) is 23.3 Å². The maximum Gasteiger partial charge on any atom is 0.416 e. The SMILES string of the molecule is C=CCn1c(SCC(=O)Nc2cccc(C(F)(F)F)c2)nnc1C(C)Oc1cccc(C)c1. The smallest absolute Gasteiger partial charge is 0.416 e. The summed E-state index contributed by atoms with van der Waals surface area (Å²) in [6.45, 7) is 7.98. The van der Waals surface area contributed by atoms with Crippen molar-refractivity contribution < 1.29 is 22.7 Å². The summed E-state index contributed by atoms with van der Waals surface area (Å²) in [5.41, 5.74) is 0.310. The lowest BCUT2D eigenvalue weighted by molar-refractivity contribution is -0.137. The molecule has 1 amide bonds. The molecule has 1 N–H and O–H groups in total. The van der Waals surface area contributed by atoms with Gasteiger partial charge in [0.05, 0.1) is 11.3 Å². The fourth-order valence-electron chi connectivity index (χ4n) is 3.05. The first-order valence-electron chi connectivity index (χ1n) is 10.0. The van der Waals surface area contributed by atoms with Crippen LogP contribution in [0.15, 0.2) is 66.3 Å². The number of benzene rings is 2. The molecule has 3 rings (SSSR count). The Morgan fingerprint density at radius 1 is 1.24 bits per heavy atom. The van der Waals surface area contributed by atoms with Gasteiger partial charge in [0.25, 0.3) is 0 Å². The van der Waals surface area contributed by atoms with E-state index in [-0.39, 0.29) is 11.4 Å². The number of aryl methyl sites for hydroxylation is 1. The summed E-state index contributed by atoms with van der Waals surface area (Å²) in [6, 6.07) is 12.1. The van der Waals surface area contributed by atoms with E-state index in [1.54, 1.807) is 10.6 Å². The van der Waals surface area contributed by atoms with Crippen molar-refractivity contribution in [2.24, 2.45) is 0 Å². The molecule has 0 fully saturated rings. The lowest BCUT2D eigenvalue weighted by Crippen LogP contribution is -2.16. The number of carbonyl (C=O) groups excluding carboxylic acids is 1. The van der Waals surface area contributed by atoms with Crippen LogP contribution in [0.1, 0.15) is 30.0 Å². The summed E-state index contributed by atoms with van der Waals surface area (Å²) in [6.07, 6.45) is -3.21. The van der Waals surface area contributed by atoms with Gasteiger partial charge in [-0.2, -0.15) is 13.2 Å². The largest absolute Gasteiger partial charge is 0.483 e. The number of amides is 1. The fourth-order valence-corrected chi connectivity index (χ4v) is 3.81. The summed E-state index contributed by atoms with van der Waals surface area (Å²) in [5.74, 6) is 0.749. The predicted molar refractivity (Wildman–Crippen MR) is 121 cm³/mol. The number of thioether (sulfide) groups is 1. The van der Waals surface area contributed by atoms with Gasteiger partial charge in [-0.15, -0.1) is 16.8 Å². The number of hydrogen-bond donors (Lipinski definition) is 1. The minimum atomic E-state index is -4.48. The number of nitrogens with zero attached hydrogens (tertiary/aromatic N) is 3. The second kappa shape index (κ2) is 10.6. The van der Waals surface area contributed by atoms with E-state index in [4.69, 9.17) is 4.74 Å². The van der Waals surface area contributed by atoms with E-state index >= 15 is 0 Å². The molecule has 1 heterocycles. The molecule has 6 nitrogen and oxygen atoms in total. The predicted octanol–water partition coefficient (Wildman–Crippen LogP) is 5.66. The van der Waals surface area contributed by atoms with Crippen LogP contribution in [-0.4, -0.2) is 26.4 Å². The van der Waals surface area contributed by atoms with Crippen LogP contribution in [0.2, 0.25) is 0 Å².